The molecular formula is C19H17NO3S. The van der Waals surface area contributed by atoms with E-state index in [0.29, 0.717) is 17.7 Å². The summed E-state index contributed by atoms with van der Waals surface area (Å²) in [6, 6.07) is 15.1. The van der Waals surface area contributed by atoms with Crippen LogP contribution in [0.5, 0.6) is 0 Å². The average Bonchev–Trinajstić information content (AvgIpc) is 2.79. The molecule has 0 aromatic heterocycles. The molecule has 24 heavy (non-hydrogen) atoms. The Morgan fingerprint density at radius 2 is 2.04 bits per heavy atom. The third kappa shape index (κ3) is 4.26. The van der Waals surface area contributed by atoms with Crippen molar-refractivity contribution in [1.29, 1.82) is 0 Å². The number of rotatable bonds is 4. The predicted molar refractivity (Wildman–Crippen MR) is 96.2 cm³/mol. The van der Waals surface area contributed by atoms with Crippen LogP contribution in [0, 0.1) is 0 Å². The van der Waals surface area contributed by atoms with Crippen LogP contribution in [0.4, 0.5) is 5.69 Å². The Labute approximate surface area is 144 Å². The van der Waals surface area contributed by atoms with Crippen LogP contribution in [-0.2, 0) is 9.53 Å². The van der Waals surface area contributed by atoms with Crippen molar-refractivity contribution in [3.05, 3.63) is 65.7 Å². The molecule has 1 heterocycles. The summed E-state index contributed by atoms with van der Waals surface area (Å²) in [4.78, 5) is 24.7. The molecule has 0 fully saturated rings. The van der Waals surface area contributed by atoms with Crippen LogP contribution in [0.15, 0.2) is 59.5 Å². The number of carbonyl (C=O) groups excluding carboxylic acids is 2. The number of anilines is 1. The van der Waals surface area contributed by atoms with E-state index in [0.717, 1.165) is 16.2 Å². The second-order valence-corrected chi connectivity index (χ2v) is 6.41. The summed E-state index contributed by atoms with van der Waals surface area (Å²) >= 11 is 1.61. The van der Waals surface area contributed by atoms with Crippen molar-refractivity contribution in [2.75, 3.05) is 17.7 Å². The first-order chi connectivity index (χ1) is 11.7. The van der Waals surface area contributed by atoms with Gasteiger partial charge in [-0.15, -0.1) is 11.8 Å². The van der Waals surface area contributed by atoms with Crippen LogP contribution >= 0.6 is 11.8 Å². The van der Waals surface area contributed by atoms with Gasteiger partial charge in [-0.1, -0.05) is 36.4 Å². The molecule has 2 aromatic rings. The Bertz CT molecular complexity index is 771. The van der Waals surface area contributed by atoms with Crippen molar-refractivity contribution in [3.63, 3.8) is 0 Å². The Balaban J connectivity index is 1.61. The number of carbonyl (C=O) groups is 2. The number of fused-ring (bicyclic) bond motifs is 1. The highest BCUT2D eigenvalue weighted by Crippen LogP contribution is 2.31. The van der Waals surface area contributed by atoms with E-state index >= 15 is 0 Å². The van der Waals surface area contributed by atoms with Crippen LogP contribution < -0.4 is 5.32 Å². The topological polar surface area (TPSA) is 55.4 Å². The summed E-state index contributed by atoms with van der Waals surface area (Å²) in [5.74, 6) is 0.309. The van der Waals surface area contributed by atoms with Crippen LogP contribution in [0.2, 0.25) is 0 Å². The smallest absolute Gasteiger partial charge is 0.338 e. The van der Waals surface area contributed by atoms with E-state index in [4.69, 9.17) is 4.74 Å². The molecule has 122 valence electrons. The van der Waals surface area contributed by atoms with Crippen LogP contribution in [0.1, 0.15) is 22.3 Å². The van der Waals surface area contributed by atoms with Crippen molar-refractivity contribution in [1.82, 2.24) is 0 Å². The fraction of sp³-hybridized carbons (Fsp3) is 0.158. The van der Waals surface area contributed by atoms with Gasteiger partial charge in [-0.3, -0.25) is 4.79 Å². The molecule has 0 unspecified atom stereocenters. The van der Waals surface area contributed by atoms with Gasteiger partial charge in [0.05, 0.1) is 11.3 Å². The number of hydrogen-bond acceptors (Lipinski definition) is 4. The van der Waals surface area contributed by atoms with Gasteiger partial charge in [-0.05, 0) is 29.8 Å². The molecule has 0 atom stereocenters. The van der Waals surface area contributed by atoms with Gasteiger partial charge in [-0.2, -0.15) is 0 Å². The Morgan fingerprint density at radius 1 is 1.21 bits per heavy atom. The van der Waals surface area contributed by atoms with Gasteiger partial charge in [0.1, 0.15) is 6.61 Å². The molecule has 1 amide bonds. The van der Waals surface area contributed by atoms with Gasteiger partial charge in [0.15, 0.2) is 0 Å². The first-order valence-electron chi connectivity index (χ1n) is 7.68. The zero-order chi connectivity index (χ0) is 16.8. The lowest BCUT2D eigenvalue weighted by molar-refractivity contribution is -0.115. The maximum Gasteiger partial charge on any atom is 0.338 e. The van der Waals surface area contributed by atoms with E-state index < -0.39 is 5.97 Å². The van der Waals surface area contributed by atoms with Gasteiger partial charge < -0.3 is 10.1 Å². The minimum atomic E-state index is -0.404. The molecule has 4 nitrogen and oxygen atoms in total. The summed E-state index contributed by atoms with van der Waals surface area (Å²) in [5.41, 5.74) is 2.17. The van der Waals surface area contributed by atoms with E-state index in [9.17, 15) is 9.59 Å². The van der Waals surface area contributed by atoms with Crippen molar-refractivity contribution >= 4 is 35.4 Å². The van der Waals surface area contributed by atoms with E-state index in [1.807, 2.05) is 42.5 Å². The van der Waals surface area contributed by atoms with E-state index in [1.54, 1.807) is 30.0 Å². The molecule has 5 heteroatoms. The molecule has 0 radical (unpaired) electrons. The average molecular weight is 339 g/mol. The van der Waals surface area contributed by atoms with E-state index in [1.165, 1.54) is 0 Å². The molecule has 1 aliphatic heterocycles. The quantitative estimate of drug-likeness (QED) is 0.856. The molecule has 3 rings (SSSR count). The molecule has 0 spiro atoms. The lowest BCUT2D eigenvalue weighted by Gasteiger charge is -2.08. The minimum Gasteiger partial charge on any atom is -0.458 e. The van der Waals surface area contributed by atoms with Crippen molar-refractivity contribution < 1.29 is 14.3 Å². The Hall–Kier alpha value is -2.53. The number of hydrogen-bond donors (Lipinski definition) is 1. The van der Waals surface area contributed by atoms with Crippen LogP contribution in [0.3, 0.4) is 0 Å². The molecule has 1 N–H and O–H groups in total. The fourth-order valence-electron chi connectivity index (χ4n) is 2.30. The first-order valence-corrected chi connectivity index (χ1v) is 8.66. The molecule has 2 aromatic carbocycles. The molecule has 0 aliphatic carbocycles. The minimum absolute atomic E-state index is 0.0300. The maximum atomic E-state index is 12.1. The maximum absolute atomic E-state index is 12.1. The lowest BCUT2D eigenvalue weighted by Crippen LogP contribution is -2.11. The predicted octanol–water partition coefficient (Wildman–Crippen LogP) is 3.99. The van der Waals surface area contributed by atoms with E-state index in [2.05, 4.69) is 5.32 Å². The number of amides is 1. The summed E-state index contributed by atoms with van der Waals surface area (Å²) < 4.78 is 5.25. The third-order valence-electron chi connectivity index (χ3n) is 3.50. The second-order valence-electron chi connectivity index (χ2n) is 5.27. The summed E-state index contributed by atoms with van der Waals surface area (Å²) in [6.07, 6.45) is 4.18. The normalized spacial score (nSPS) is 13.9. The summed E-state index contributed by atoms with van der Waals surface area (Å²) in [7, 11) is 0. The van der Waals surface area contributed by atoms with Crippen LogP contribution in [-0.4, -0.2) is 24.2 Å². The van der Waals surface area contributed by atoms with Gasteiger partial charge >= 0.3 is 5.97 Å². The van der Waals surface area contributed by atoms with Crippen molar-refractivity contribution in [2.24, 2.45) is 0 Å². The standard InChI is InChI=1S/C19H17NO3S/c21-18-10-12-24-17-9-8-15(13-16(17)20-18)19(22)23-11-4-7-14-5-2-1-3-6-14/h1-9,13H,10-12H2,(H,20,21)/b7-4+. The molecule has 0 bridgehead atoms. The monoisotopic (exact) mass is 339 g/mol. The van der Waals surface area contributed by atoms with Gasteiger partial charge in [0.25, 0.3) is 0 Å². The highest BCUT2D eigenvalue weighted by molar-refractivity contribution is 7.99. The molecular weight excluding hydrogens is 322 g/mol. The SMILES string of the molecule is O=C1CCSc2ccc(C(=O)OC/C=C/c3ccccc3)cc2N1. The molecule has 1 aliphatic rings. The number of esters is 1. The largest absolute Gasteiger partial charge is 0.458 e. The highest BCUT2D eigenvalue weighted by Gasteiger charge is 2.16. The zero-order valence-corrected chi connectivity index (χ0v) is 13.8. The van der Waals surface area contributed by atoms with Crippen LogP contribution in [0.25, 0.3) is 6.08 Å². The van der Waals surface area contributed by atoms with Gasteiger partial charge in [0.2, 0.25) is 5.91 Å². The summed E-state index contributed by atoms with van der Waals surface area (Å²) in [5, 5.41) is 2.82. The van der Waals surface area contributed by atoms with Crippen molar-refractivity contribution in [3.8, 4) is 0 Å². The van der Waals surface area contributed by atoms with Gasteiger partial charge in [-0.25, -0.2) is 4.79 Å². The highest BCUT2D eigenvalue weighted by atomic mass is 32.2. The fourth-order valence-corrected chi connectivity index (χ4v) is 3.24. The Kier molecular flexibility index (Phi) is 5.33. The zero-order valence-electron chi connectivity index (χ0n) is 13.0. The third-order valence-corrected chi connectivity index (χ3v) is 4.57. The molecule has 0 saturated heterocycles. The number of nitrogens with one attached hydrogen (secondary N) is 1. The lowest BCUT2D eigenvalue weighted by atomic mass is 10.2. The first kappa shape index (κ1) is 16.3. The van der Waals surface area contributed by atoms with Crippen molar-refractivity contribution in [2.45, 2.75) is 11.3 Å². The molecule has 0 saturated carbocycles. The van der Waals surface area contributed by atoms with E-state index in [-0.39, 0.29) is 12.5 Å². The van der Waals surface area contributed by atoms with Gasteiger partial charge in [0, 0.05) is 17.1 Å². The number of thioether (sulfide) groups is 1. The Morgan fingerprint density at radius 3 is 2.88 bits per heavy atom. The number of benzene rings is 2. The second kappa shape index (κ2) is 7.84. The summed E-state index contributed by atoms with van der Waals surface area (Å²) in [6.45, 7) is 0.200. The number of ether oxygens (including phenoxy) is 1.